The Morgan fingerprint density at radius 1 is 1.50 bits per heavy atom. The van der Waals surface area contributed by atoms with Crippen LogP contribution in [0.2, 0.25) is 0 Å². The number of rotatable bonds is 4. The fourth-order valence-corrected chi connectivity index (χ4v) is 4.76. The van der Waals surface area contributed by atoms with Gasteiger partial charge in [-0.25, -0.2) is 13.6 Å². The molecule has 1 aliphatic carbocycles. The standard InChI is InChI=1S/C13H20N2O3S2/c1-8-4-3-5-10(8)7-15-13(16)11-6-12(9(2)19-11)20(14,17)18/h6,8,10H,3-5,7H2,1-2H3,(H,15,16)(H2,14,17,18). The summed E-state index contributed by atoms with van der Waals surface area (Å²) in [4.78, 5) is 13.1. The SMILES string of the molecule is Cc1sc(C(=O)NCC2CCCC2C)cc1S(N)(=O)=O. The van der Waals surface area contributed by atoms with Crippen LogP contribution in [0, 0.1) is 18.8 Å². The van der Waals surface area contributed by atoms with Gasteiger partial charge in [-0.1, -0.05) is 19.8 Å². The lowest BCUT2D eigenvalue weighted by Gasteiger charge is -2.15. The van der Waals surface area contributed by atoms with Crippen molar-refractivity contribution in [1.29, 1.82) is 0 Å². The zero-order chi connectivity index (χ0) is 14.9. The van der Waals surface area contributed by atoms with Gasteiger partial charge in [0, 0.05) is 11.4 Å². The number of nitrogens with one attached hydrogen (secondary N) is 1. The smallest absolute Gasteiger partial charge is 0.261 e. The van der Waals surface area contributed by atoms with E-state index in [1.54, 1.807) is 6.92 Å². The molecule has 0 bridgehead atoms. The summed E-state index contributed by atoms with van der Waals surface area (Å²) in [5.74, 6) is 0.949. The van der Waals surface area contributed by atoms with Crippen LogP contribution < -0.4 is 10.5 Å². The second kappa shape index (κ2) is 5.83. The van der Waals surface area contributed by atoms with Crippen LogP contribution in [0.25, 0.3) is 0 Å². The summed E-state index contributed by atoms with van der Waals surface area (Å²) in [7, 11) is -3.76. The molecule has 1 aromatic heterocycles. The van der Waals surface area contributed by atoms with Gasteiger partial charge in [-0.15, -0.1) is 11.3 Å². The lowest BCUT2D eigenvalue weighted by molar-refractivity contribution is 0.0948. The number of hydrogen-bond donors (Lipinski definition) is 2. The normalized spacial score (nSPS) is 22.9. The summed E-state index contributed by atoms with van der Waals surface area (Å²) in [6.07, 6.45) is 3.58. The largest absolute Gasteiger partial charge is 0.351 e. The third-order valence-corrected chi connectivity index (χ3v) is 6.18. The Morgan fingerprint density at radius 3 is 2.70 bits per heavy atom. The van der Waals surface area contributed by atoms with E-state index < -0.39 is 10.0 Å². The highest BCUT2D eigenvalue weighted by atomic mass is 32.2. The molecule has 1 aromatic rings. The van der Waals surface area contributed by atoms with E-state index in [9.17, 15) is 13.2 Å². The molecule has 0 saturated heterocycles. The molecule has 5 nitrogen and oxygen atoms in total. The minimum absolute atomic E-state index is 0.0434. The Hall–Kier alpha value is -0.920. The van der Waals surface area contributed by atoms with Gasteiger partial charge in [-0.2, -0.15) is 0 Å². The molecular weight excluding hydrogens is 296 g/mol. The lowest BCUT2D eigenvalue weighted by atomic mass is 9.98. The molecule has 112 valence electrons. The topological polar surface area (TPSA) is 89.3 Å². The second-order valence-electron chi connectivity index (χ2n) is 5.45. The molecule has 0 aromatic carbocycles. The summed E-state index contributed by atoms with van der Waals surface area (Å²) < 4.78 is 22.7. The lowest BCUT2D eigenvalue weighted by Crippen LogP contribution is -2.29. The van der Waals surface area contributed by atoms with Gasteiger partial charge in [0.05, 0.1) is 9.77 Å². The van der Waals surface area contributed by atoms with E-state index in [0.717, 1.165) is 17.8 Å². The number of sulfonamides is 1. The molecule has 2 rings (SSSR count). The second-order valence-corrected chi connectivity index (χ2v) is 8.24. The molecule has 0 radical (unpaired) electrons. The molecular formula is C13H20N2O3S2. The minimum atomic E-state index is -3.76. The van der Waals surface area contributed by atoms with Crippen molar-refractivity contribution in [2.75, 3.05) is 6.54 Å². The van der Waals surface area contributed by atoms with Crippen molar-refractivity contribution in [3.05, 3.63) is 15.8 Å². The van der Waals surface area contributed by atoms with Gasteiger partial charge in [0.2, 0.25) is 10.0 Å². The van der Waals surface area contributed by atoms with Crippen LogP contribution in [-0.4, -0.2) is 20.9 Å². The Kier molecular flexibility index (Phi) is 4.51. The first-order valence-electron chi connectivity index (χ1n) is 6.70. The van der Waals surface area contributed by atoms with E-state index >= 15 is 0 Å². The molecule has 20 heavy (non-hydrogen) atoms. The number of carbonyl (C=O) groups excluding carboxylic acids is 1. The first-order valence-corrected chi connectivity index (χ1v) is 9.06. The molecule has 3 N–H and O–H groups in total. The van der Waals surface area contributed by atoms with Crippen LogP contribution in [0.5, 0.6) is 0 Å². The van der Waals surface area contributed by atoms with E-state index in [4.69, 9.17) is 5.14 Å². The summed E-state index contributed by atoms with van der Waals surface area (Å²) in [5.41, 5.74) is 0. The van der Waals surface area contributed by atoms with Crippen molar-refractivity contribution in [2.45, 2.75) is 38.0 Å². The molecule has 7 heteroatoms. The van der Waals surface area contributed by atoms with Crippen LogP contribution in [0.4, 0.5) is 0 Å². The number of thiophene rings is 1. The molecule has 0 spiro atoms. The highest BCUT2D eigenvalue weighted by molar-refractivity contribution is 7.89. The maximum absolute atomic E-state index is 12.1. The van der Waals surface area contributed by atoms with Crippen LogP contribution in [-0.2, 0) is 10.0 Å². The van der Waals surface area contributed by atoms with Crippen molar-refractivity contribution in [3.8, 4) is 0 Å². The maximum Gasteiger partial charge on any atom is 0.261 e. The van der Waals surface area contributed by atoms with Gasteiger partial charge < -0.3 is 5.32 Å². The summed E-state index contributed by atoms with van der Waals surface area (Å²) in [6, 6.07) is 1.36. The summed E-state index contributed by atoms with van der Waals surface area (Å²) >= 11 is 1.16. The minimum Gasteiger partial charge on any atom is -0.351 e. The quantitative estimate of drug-likeness (QED) is 0.888. The van der Waals surface area contributed by atoms with Crippen molar-refractivity contribution >= 4 is 27.3 Å². The maximum atomic E-state index is 12.1. The van der Waals surface area contributed by atoms with Crippen molar-refractivity contribution in [3.63, 3.8) is 0 Å². The summed E-state index contributed by atoms with van der Waals surface area (Å²) in [5, 5.41) is 8.01. The molecule has 2 atom stereocenters. The van der Waals surface area contributed by atoms with Gasteiger partial charge in [0.15, 0.2) is 0 Å². The predicted molar refractivity (Wildman–Crippen MR) is 79.3 cm³/mol. The monoisotopic (exact) mass is 316 g/mol. The Bertz CT molecular complexity index is 607. The summed E-state index contributed by atoms with van der Waals surface area (Å²) in [6.45, 7) is 4.51. The fraction of sp³-hybridized carbons (Fsp3) is 0.615. The van der Waals surface area contributed by atoms with Crippen molar-refractivity contribution in [1.82, 2.24) is 5.32 Å². The number of primary sulfonamides is 1. The van der Waals surface area contributed by atoms with Crippen LogP contribution in [0.15, 0.2) is 11.0 Å². The molecule has 1 amide bonds. The van der Waals surface area contributed by atoms with Gasteiger partial charge in [0.1, 0.15) is 0 Å². The fourth-order valence-electron chi connectivity index (χ4n) is 2.70. The number of carbonyl (C=O) groups is 1. The average molecular weight is 316 g/mol. The molecule has 1 aliphatic rings. The van der Waals surface area contributed by atoms with E-state index in [-0.39, 0.29) is 10.8 Å². The molecule has 1 fully saturated rings. The molecule has 1 saturated carbocycles. The van der Waals surface area contributed by atoms with Crippen LogP contribution >= 0.6 is 11.3 Å². The molecule has 2 unspecified atom stereocenters. The number of hydrogen-bond acceptors (Lipinski definition) is 4. The highest BCUT2D eigenvalue weighted by Crippen LogP contribution is 2.30. The Morgan fingerprint density at radius 2 is 2.20 bits per heavy atom. The predicted octanol–water partition coefficient (Wildman–Crippen LogP) is 1.87. The Balaban J connectivity index is 2.03. The molecule has 1 heterocycles. The first-order chi connectivity index (χ1) is 9.29. The van der Waals surface area contributed by atoms with Crippen molar-refractivity contribution < 1.29 is 13.2 Å². The zero-order valence-corrected chi connectivity index (χ0v) is 13.3. The van der Waals surface area contributed by atoms with Crippen LogP contribution in [0.1, 0.15) is 40.7 Å². The van der Waals surface area contributed by atoms with E-state index in [0.29, 0.717) is 28.1 Å². The van der Waals surface area contributed by atoms with E-state index in [2.05, 4.69) is 12.2 Å². The van der Waals surface area contributed by atoms with Crippen molar-refractivity contribution in [2.24, 2.45) is 17.0 Å². The third kappa shape index (κ3) is 3.39. The van der Waals surface area contributed by atoms with Gasteiger partial charge in [-0.05, 0) is 31.2 Å². The van der Waals surface area contributed by atoms with Gasteiger partial charge in [0.25, 0.3) is 5.91 Å². The van der Waals surface area contributed by atoms with Crippen LogP contribution in [0.3, 0.4) is 0 Å². The molecule has 0 aliphatic heterocycles. The average Bonchev–Trinajstić information content (AvgIpc) is 2.92. The third-order valence-electron chi connectivity index (χ3n) is 3.97. The van der Waals surface area contributed by atoms with Gasteiger partial charge in [-0.3, -0.25) is 4.79 Å². The number of nitrogens with two attached hydrogens (primary N) is 1. The number of amides is 1. The number of aryl methyl sites for hydroxylation is 1. The zero-order valence-electron chi connectivity index (χ0n) is 11.7. The highest BCUT2D eigenvalue weighted by Gasteiger charge is 2.24. The van der Waals surface area contributed by atoms with E-state index in [1.807, 2.05) is 0 Å². The first kappa shape index (κ1) is 15.5. The van der Waals surface area contributed by atoms with E-state index in [1.165, 1.54) is 18.9 Å². The Labute approximate surface area is 123 Å². The van der Waals surface area contributed by atoms with Gasteiger partial charge >= 0.3 is 0 Å².